The van der Waals surface area contributed by atoms with Crippen molar-refractivity contribution < 1.29 is 28.7 Å². The minimum Gasteiger partial charge on any atom is -0.497 e. The number of hydrogen-bond acceptors (Lipinski definition) is 7. The molecule has 0 fully saturated rings. The molecule has 0 amide bonds. The van der Waals surface area contributed by atoms with Crippen LogP contribution < -0.4 is 14.2 Å². The normalized spacial score (nSPS) is 11.3. The standard InChI is InChI=1S/C18H19NO7/c1-13(26-17-9-7-15(23-2)8-10-17)18(20)25-12-11-24-16-5-3-14(4-6-16)19(21)22/h3-10,13H,11-12H2,1-2H3. The van der Waals surface area contributed by atoms with E-state index in [4.69, 9.17) is 18.9 Å². The number of esters is 1. The van der Waals surface area contributed by atoms with Gasteiger partial charge in [0, 0.05) is 12.1 Å². The second-order valence-electron chi connectivity index (χ2n) is 5.20. The van der Waals surface area contributed by atoms with Crippen molar-refractivity contribution in [2.75, 3.05) is 20.3 Å². The molecular weight excluding hydrogens is 342 g/mol. The Morgan fingerprint density at radius 2 is 1.58 bits per heavy atom. The van der Waals surface area contributed by atoms with Gasteiger partial charge >= 0.3 is 5.97 Å². The van der Waals surface area contributed by atoms with Crippen molar-refractivity contribution in [1.29, 1.82) is 0 Å². The van der Waals surface area contributed by atoms with E-state index in [-0.39, 0.29) is 18.9 Å². The first-order valence-corrected chi connectivity index (χ1v) is 7.84. The third-order valence-electron chi connectivity index (χ3n) is 3.35. The Morgan fingerprint density at radius 1 is 1.00 bits per heavy atom. The molecule has 0 bridgehead atoms. The van der Waals surface area contributed by atoms with Crippen LogP contribution in [0.5, 0.6) is 17.2 Å². The summed E-state index contributed by atoms with van der Waals surface area (Å²) in [5, 5.41) is 10.6. The largest absolute Gasteiger partial charge is 0.497 e. The van der Waals surface area contributed by atoms with Crippen molar-refractivity contribution in [2.24, 2.45) is 0 Å². The van der Waals surface area contributed by atoms with Gasteiger partial charge in [0.1, 0.15) is 30.5 Å². The van der Waals surface area contributed by atoms with Gasteiger partial charge in [0.15, 0.2) is 6.10 Å². The molecule has 0 heterocycles. The number of nitro benzene ring substituents is 1. The number of rotatable bonds is 9. The first-order chi connectivity index (χ1) is 12.5. The summed E-state index contributed by atoms with van der Waals surface area (Å²) in [7, 11) is 1.56. The number of nitrogens with zero attached hydrogens (tertiary/aromatic N) is 1. The SMILES string of the molecule is COc1ccc(OC(C)C(=O)OCCOc2ccc([N+](=O)[O-])cc2)cc1. The topological polar surface area (TPSA) is 97.1 Å². The van der Waals surface area contributed by atoms with Crippen LogP contribution in [0.2, 0.25) is 0 Å². The monoisotopic (exact) mass is 361 g/mol. The smallest absolute Gasteiger partial charge is 0.347 e. The summed E-state index contributed by atoms with van der Waals surface area (Å²) in [4.78, 5) is 22.0. The van der Waals surface area contributed by atoms with Crippen LogP contribution in [0.1, 0.15) is 6.92 Å². The molecule has 0 aliphatic carbocycles. The Balaban J connectivity index is 1.71. The van der Waals surface area contributed by atoms with Crippen LogP contribution in [0.25, 0.3) is 0 Å². The van der Waals surface area contributed by atoms with E-state index in [1.54, 1.807) is 38.3 Å². The van der Waals surface area contributed by atoms with Gasteiger partial charge in [-0.3, -0.25) is 10.1 Å². The van der Waals surface area contributed by atoms with Crippen LogP contribution >= 0.6 is 0 Å². The van der Waals surface area contributed by atoms with Crippen molar-refractivity contribution in [3.63, 3.8) is 0 Å². The molecule has 2 aromatic carbocycles. The van der Waals surface area contributed by atoms with Gasteiger partial charge in [-0.25, -0.2) is 4.79 Å². The lowest BCUT2D eigenvalue weighted by Gasteiger charge is -2.14. The van der Waals surface area contributed by atoms with E-state index in [9.17, 15) is 14.9 Å². The zero-order chi connectivity index (χ0) is 18.9. The van der Waals surface area contributed by atoms with E-state index in [2.05, 4.69) is 0 Å². The third kappa shape index (κ3) is 5.66. The molecule has 0 aliphatic heterocycles. The summed E-state index contributed by atoms with van der Waals surface area (Å²) >= 11 is 0. The highest BCUT2D eigenvalue weighted by Crippen LogP contribution is 2.19. The molecule has 0 spiro atoms. The maximum absolute atomic E-state index is 11.9. The highest BCUT2D eigenvalue weighted by Gasteiger charge is 2.16. The maximum atomic E-state index is 11.9. The maximum Gasteiger partial charge on any atom is 0.347 e. The average Bonchev–Trinajstić information content (AvgIpc) is 2.66. The Morgan fingerprint density at radius 3 is 2.15 bits per heavy atom. The first kappa shape index (κ1) is 19.0. The Labute approximate surface area is 150 Å². The van der Waals surface area contributed by atoms with E-state index in [0.29, 0.717) is 17.2 Å². The number of benzene rings is 2. The Kier molecular flexibility index (Phi) is 6.78. The summed E-state index contributed by atoms with van der Waals surface area (Å²) in [5.41, 5.74) is -0.0201. The fraction of sp³-hybridized carbons (Fsp3) is 0.278. The molecule has 0 aromatic heterocycles. The molecule has 8 nitrogen and oxygen atoms in total. The van der Waals surface area contributed by atoms with Crippen molar-refractivity contribution in [1.82, 2.24) is 0 Å². The molecule has 0 saturated carbocycles. The second-order valence-corrected chi connectivity index (χ2v) is 5.20. The second kappa shape index (κ2) is 9.26. The fourth-order valence-corrected chi connectivity index (χ4v) is 1.99. The van der Waals surface area contributed by atoms with Crippen molar-refractivity contribution >= 4 is 11.7 Å². The minimum atomic E-state index is -0.775. The van der Waals surface area contributed by atoms with Gasteiger partial charge in [0.2, 0.25) is 0 Å². The Hall–Kier alpha value is -3.29. The molecule has 8 heteroatoms. The number of methoxy groups -OCH3 is 1. The van der Waals surface area contributed by atoms with Crippen LogP contribution in [-0.2, 0) is 9.53 Å². The van der Waals surface area contributed by atoms with Crippen LogP contribution in [0.4, 0.5) is 5.69 Å². The van der Waals surface area contributed by atoms with Gasteiger partial charge in [-0.1, -0.05) is 0 Å². The van der Waals surface area contributed by atoms with Crippen LogP contribution in [0.3, 0.4) is 0 Å². The number of nitro groups is 1. The molecule has 138 valence electrons. The highest BCUT2D eigenvalue weighted by molar-refractivity contribution is 5.74. The summed E-state index contributed by atoms with van der Waals surface area (Å²) in [5.74, 6) is 1.15. The van der Waals surface area contributed by atoms with E-state index < -0.39 is 17.0 Å². The number of hydrogen-bond donors (Lipinski definition) is 0. The Bertz CT molecular complexity index is 728. The van der Waals surface area contributed by atoms with E-state index in [1.165, 1.54) is 24.3 Å². The number of carbonyl (C=O) groups excluding carboxylic acids is 1. The third-order valence-corrected chi connectivity index (χ3v) is 3.35. The predicted octanol–water partition coefficient (Wildman–Crippen LogP) is 2.99. The lowest BCUT2D eigenvalue weighted by molar-refractivity contribution is -0.384. The number of carbonyl (C=O) groups is 1. The summed E-state index contributed by atoms with van der Waals surface area (Å²) in [6.07, 6.45) is -0.775. The molecule has 0 radical (unpaired) electrons. The molecule has 26 heavy (non-hydrogen) atoms. The molecule has 0 aliphatic rings. The number of non-ortho nitro benzene ring substituents is 1. The minimum absolute atomic E-state index is 0.0201. The predicted molar refractivity (Wildman–Crippen MR) is 92.6 cm³/mol. The molecule has 1 unspecified atom stereocenters. The summed E-state index contributed by atoms with van der Waals surface area (Å²) < 4.78 is 21.0. The van der Waals surface area contributed by atoms with Gasteiger partial charge in [0.05, 0.1) is 12.0 Å². The molecular formula is C18H19NO7. The van der Waals surface area contributed by atoms with Crippen LogP contribution in [-0.4, -0.2) is 37.3 Å². The van der Waals surface area contributed by atoms with E-state index >= 15 is 0 Å². The first-order valence-electron chi connectivity index (χ1n) is 7.84. The molecule has 0 saturated heterocycles. The zero-order valence-corrected chi connectivity index (χ0v) is 14.4. The van der Waals surface area contributed by atoms with Gasteiger partial charge in [0.25, 0.3) is 5.69 Å². The van der Waals surface area contributed by atoms with Crippen molar-refractivity contribution in [2.45, 2.75) is 13.0 Å². The quantitative estimate of drug-likeness (QED) is 0.293. The van der Waals surface area contributed by atoms with E-state index in [0.717, 1.165) is 0 Å². The van der Waals surface area contributed by atoms with Crippen LogP contribution in [0.15, 0.2) is 48.5 Å². The summed E-state index contributed by atoms with van der Waals surface area (Å²) in [6.45, 7) is 1.74. The molecule has 0 N–H and O–H groups in total. The van der Waals surface area contributed by atoms with E-state index in [1.807, 2.05) is 0 Å². The highest BCUT2D eigenvalue weighted by atomic mass is 16.6. The van der Waals surface area contributed by atoms with Gasteiger partial charge in [-0.05, 0) is 43.3 Å². The zero-order valence-electron chi connectivity index (χ0n) is 14.4. The average molecular weight is 361 g/mol. The summed E-state index contributed by atoms with van der Waals surface area (Å²) in [6, 6.07) is 12.5. The lowest BCUT2D eigenvalue weighted by Crippen LogP contribution is -2.27. The van der Waals surface area contributed by atoms with Gasteiger partial charge in [-0.15, -0.1) is 0 Å². The molecule has 2 aromatic rings. The van der Waals surface area contributed by atoms with Crippen molar-refractivity contribution in [3.05, 3.63) is 58.6 Å². The molecule has 2 rings (SSSR count). The van der Waals surface area contributed by atoms with Crippen LogP contribution in [0, 0.1) is 10.1 Å². The fourth-order valence-electron chi connectivity index (χ4n) is 1.99. The number of ether oxygens (including phenoxy) is 4. The molecule has 1 atom stereocenters. The van der Waals surface area contributed by atoms with Crippen molar-refractivity contribution in [3.8, 4) is 17.2 Å². The lowest BCUT2D eigenvalue weighted by atomic mass is 10.3. The van der Waals surface area contributed by atoms with Gasteiger partial charge in [-0.2, -0.15) is 0 Å². The van der Waals surface area contributed by atoms with Gasteiger partial charge < -0.3 is 18.9 Å².